The Morgan fingerprint density at radius 3 is 3.05 bits per heavy atom. The molecule has 3 rings (SSSR count). The molecule has 1 aliphatic heterocycles. The number of aliphatic hydroxyl groups excluding tert-OH is 1. The van der Waals surface area contributed by atoms with Crippen molar-refractivity contribution in [2.75, 3.05) is 26.9 Å². The summed E-state index contributed by atoms with van der Waals surface area (Å²) >= 11 is 0. The van der Waals surface area contributed by atoms with Crippen LogP contribution in [-0.4, -0.2) is 59.8 Å². The molecule has 0 bridgehead atoms. The van der Waals surface area contributed by atoms with Crippen molar-refractivity contribution in [3.8, 4) is 0 Å². The number of ether oxygens (including phenoxy) is 2. The first kappa shape index (κ1) is 15.9. The summed E-state index contributed by atoms with van der Waals surface area (Å²) in [6, 6.07) is 2.33. The third-order valence-corrected chi connectivity index (χ3v) is 5.13. The standard InChI is InChI=1S/C16H26N2O4/c1-12-9-14(22-17-12)11-18-6-5-16(20-2)4-3-13(10-15(16)18)21-8-7-19/h9,13,15,19H,3-8,10-11H2,1-2H3/t13-,15-,16+/m0/s1. The van der Waals surface area contributed by atoms with E-state index < -0.39 is 0 Å². The molecule has 1 N–H and O–H groups in total. The average Bonchev–Trinajstić information content (AvgIpc) is 3.10. The van der Waals surface area contributed by atoms with Gasteiger partial charge in [-0.2, -0.15) is 0 Å². The maximum atomic E-state index is 8.95. The van der Waals surface area contributed by atoms with Crippen molar-refractivity contribution in [2.45, 2.75) is 56.9 Å². The Kier molecular flexibility index (Phi) is 4.82. The van der Waals surface area contributed by atoms with Gasteiger partial charge in [0.1, 0.15) is 0 Å². The minimum Gasteiger partial charge on any atom is -0.394 e. The van der Waals surface area contributed by atoms with Gasteiger partial charge in [0.25, 0.3) is 0 Å². The Labute approximate surface area is 131 Å². The lowest BCUT2D eigenvalue weighted by Crippen LogP contribution is -2.51. The predicted octanol–water partition coefficient (Wildman–Crippen LogP) is 1.50. The van der Waals surface area contributed by atoms with E-state index in [4.69, 9.17) is 19.1 Å². The van der Waals surface area contributed by atoms with E-state index >= 15 is 0 Å². The minimum atomic E-state index is -0.0614. The van der Waals surface area contributed by atoms with E-state index in [9.17, 15) is 0 Å². The molecular weight excluding hydrogens is 284 g/mol. The maximum absolute atomic E-state index is 8.95. The van der Waals surface area contributed by atoms with Gasteiger partial charge in [0.2, 0.25) is 0 Å². The second-order valence-corrected chi connectivity index (χ2v) is 6.43. The minimum absolute atomic E-state index is 0.0614. The normalized spacial score (nSPS) is 32.3. The number of hydrogen-bond acceptors (Lipinski definition) is 6. The smallest absolute Gasteiger partial charge is 0.150 e. The first-order valence-electron chi connectivity index (χ1n) is 8.11. The summed E-state index contributed by atoms with van der Waals surface area (Å²) in [6.07, 6.45) is 4.21. The van der Waals surface area contributed by atoms with Gasteiger partial charge in [-0.05, 0) is 32.6 Å². The zero-order valence-electron chi connectivity index (χ0n) is 13.5. The number of nitrogens with zero attached hydrogens (tertiary/aromatic N) is 2. The monoisotopic (exact) mass is 310 g/mol. The molecule has 1 aliphatic carbocycles. The maximum Gasteiger partial charge on any atom is 0.150 e. The molecule has 0 spiro atoms. The third kappa shape index (κ3) is 3.06. The summed E-state index contributed by atoms with van der Waals surface area (Å²) < 4.78 is 17.1. The molecule has 1 saturated carbocycles. The van der Waals surface area contributed by atoms with Crippen molar-refractivity contribution in [1.82, 2.24) is 10.1 Å². The highest BCUT2D eigenvalue weighted by molar-refractivity contribution is 5.09. The highest BCUT2D eigenvalue weighted by Gasteiger charge is 2.51. The molecule has 1 aromatic rings. The van der Waals surface area contributed by atoms with Gasteiger partial charge in [-0.15, -0.1) is 0 Å². The number of methoxy groups -OCH3 is 1. The van der Waals surface area contributed by atoms with Crippen LogP contribution < -0.4 is 0 Å². The second kappa shape index (κ2) is 6.66. The number of hydrogen-bond donors (Lipinski definition) is 1. The van der Waals surface area contributed by atoms with Crippen molar-refractivity contribution in [3.05, 3.63) is 17.5 Å². The molecule has 2 fully saturated rings. The fraction of sp³-hybridized carbons (Fsp3) is 0.812. The van der Waals surface area contributed by atoms with Crippen LogP contribution in [0.15, 0.2) is 10.6 Å². The number of likely N-dealkylation sites (tertiary alicyclic amines) is 1. The Morgan fingerprint density at radius 2 is 2.36 bits per heavy atom. The number of aliphatic hydroxyl groups is 1. The van der Waals surface area contributed by atoms with Gasteiger partial charge < -0.3 is 19.1 Å². The van der Waals surface area contributed by atoms with E-state index in [1.54, 1.807) is 0 Å². The van der Waals surface area contributed by atoms with Crippen LogP contribution in [0.5, 0.6) is 0 Å². The molecule has 124 valence electrons. The Balaban J connectivity index is 1.69. The fourth-order valence-electron chi connectivity index (χ4n) is 4.01. The van der Waals surface area contributed by atoms with Crippen LogP contribution in [0.1, 0.15) is 37.1 Å². The van der Waals surface area contributed by atoms with Crippen molar-refractivity contribution in [1.29, 1.82) is 0 Å². The van der Waals surface area contributed by atoms with Gasteiger partial charge in [-0.3, -0.25) is 4.90 Å². The predicted molar refractivity (Wildman–Crippen MR) is 80.5 cm³/mol. The molecule has 22 heavy (non-hydrogen) atoms. The molecule has 6 nitrogen and oxygen atoms in total. The van der Waals surface area contributed by atoms with Gasteiger partial charge in [0.15, 0.2) is 5.76 Å². The topological polar surface area (TPSA) is 68.0 Å². The summed E-state index contributed by atoms with van der Waals surface area (Å²) in [5.41, 5.74) is 0.855. The van der Waals surface area contributed by atoms with Gasteiger partial charge >= 0.3 is 0 Å². The molecule has 1 aromatic heterocycles. The van der Waals surface area contributed by atoms with E-state index in [1.807, 2.05) is 20.1 Å². The number of fused-ring (bicyclic) bond motifs is 1. The zero-order valence-corrected chi connectivity index (χ0v) is 13.5. The quantitative estimate of drug-likeness (QED) is 0.859. The zero-order chi connectivity index (χ0) is 15.6. The molecule has 2 heterocycles. The molecule has 2 aliphatic rings. The molecule has 0 aromatic carbocycles. The molecular formula is C16H26N2O4. The lowest BCUT2D eigenvalue weighted by molar-refractivity contribution is -0.105. The SMILES string of the molecule is CO[C@@]12CC[C@H](OCCO)C[C@@H]1N(Cc1cc(C)no1)CC2. The first-order valence-corrected chi connectivity index (χ1v) is 8.11. The van der Waals surface area contributed by atoms with E-state index in [2.05, 4.69) is 10.1 Å². The highest BCUT2D eigenvalue weighted by atomic mass is 16.5. The van der Waals surface area contributed by atoms with E-state index in [0.29, 0.717) is 12.6 Å². The van der Waals surface area contributed by atoms with Crippen LogP contribution in [0.25, 0.3) is 0 Å². The van der Waals surface area contributed by atoms with Crippen LogP contribution in [0.2, 0.25) is 0 Å². The molecule has 6 heteroatoms. The lowest BCUT2D eigenvalue weighted by Gasteiger charge is -2.43. The van der Waals surface area contributed by atoms with Gasteiger partial charge in [0.05, 0.1) is 37.2 Å². The van der Waals surface area contributed by atoms with Crippen molar-refractivity contribution < 1.29 is 19.1 Å². The van der Waals surface area contributed by atoms with Gasteiger partial charge in [-0.1, -0.05) is 5.16 Å². The first-order chi connectivity index (χ1) is 10.7. The van der Waals surface area contributed by atoms with Crippen molar-refractivity contribution in [2.24, 2.45) is 0 Å². The van der Waals surface area contributed by atoms with Gasteiger partial charge in [0, 0.05) is 25.8 Å². The average molecular weight is 310 g/mol. The van der Waals surface area contributed by atoms with Crippen LogP contribution in [0, 0.1) is 6.92 Å². The van der Waals surface area contributed by atoms with Crippen LogP contribution >= 0.6 is 0 Å². The molecule has 3 atom stereocenters. The Morgan fingerprint density at radius 1 is 1.50 bits per heavy atom. The van der Waals surface area contributed by atoms with E-state index in [0.717, 1.165) is 50.2 Å². The summed E-state index contributed by atoms with van der Waals surface area (Å²) in [7, 11) is 1.82. The number of aryl methyl sites for hydroxylation is 1. The van der Waals surface area contributed by atoms with Crippen molar-refractivity contribution in [3.63, 3.8) is 0 Å². The lowest BCUT2D eigenvalue weighted by atomic mass is 9.79. The van der Waals surface area contributed by atoms with Crippen molar-refractivity contribution >= 4 is 0 Å². The Bertz CT molecular complexity index is 492. The van der Waals surface area contributed by atoms with Gasteiger partial charge in [-0.25, -0.2) is 0 Å². The third-order valence-electron chi connectivity index (χ3n) is 5.13. The van der Waals surface area contributed by atoms with Crippen LogP contribution in [0.3, 0.4) is 0 Å². The summed E-state index contributed by atoms with van der Waals surface area (Å²) in [4.78, 5) is 2.43. The molecule has 0 radical (unpaired) electrons. The van der Waals surface area contributed by atoms with E-state index in [1.165, 1.54) is 0 Å². The molecule has 0 unspecified atom stereocenters. The Hall–Kier alpha value is -0.950. The largest absolute Gasteiger partial charge is 0.394 e. The summed E-state index contributed by atoms with van der Waals surface area (Å²) in [5, 5.41) is 12.9. The number of rotatable bonds is 6. The van der Waals surface area contributed by atoms with Crippen LogP contribution in [0.4, 0.5) is 0 Å². The highest BCUT2D eigenvalue weighted by Crippen LogP contribution is 2.43. The van der Waals surface area contributed by atoms with E-state index in [-0.39, 0.29) is 18.3 Å². The molecule has 1 saturated heterocycles. The van der Waals surface area contributed by atoms with Crippen LogP contribution in [-0.2, 0) is 16.0 Å². The second-order valence-electron chi connectivity index (χ2n) is 6.43. The summed E-state index contributed by atoms with van der Waals surface area (Å²) in [6.45, 7) is 4.21. The molecule has 0 amide bonds. The fourth-order valence-corrected chi connectivity index (χ4v) is 4.01. The number of aromatic nitrogens is 1. The summed E-state index contributed by atoms with van der Waals surface area (Å²) in [5.74, 6) is 0.905.